The Morgan fingerprint density at radius 2 is 1.95 bits per heavy atom. The number of carbonyl (C=O) groups excluding carboxylic acids is 1. The number of carboxylic acid groups (broad SMARTS) is 1. The molecule has 5 heteroatoms. The van der Waals surface area contributed by atoms with Gasteiger partial charge in [-0.15, -0.1) is 0 Å². The number of Topliss-reactive ketones (excluding diaryl/α,β-unsaturated/α-hetero) is 1. The number of anilines is 1. The molecule has 0 unspecified atom stereocenters. The zero-order valence-corrected chi connectivity index (χ0v) is 11.6. The van der Waals surface area contributed by atoms with Crippen molar-refractivity contribution in [3.8, 4) is 0 Å². The predicted octanol–water partition coefficient (Wildman–Crippen LogP) is 1.88. The summed E-state index contributed by atoms with van der Waals surface area (Å²) < 4.78 is 5.33. The van der Waals surface area contributed by atoms with E-state index in [0.717, 1.165) is 37.6 Å². The van der Waals surface area contributed by atoms with Crippen LogP contribution in [0.3, 0.4) is 0 Å². The molecule has 2 rings (SSSR count). The molecule has 1 heterocycles. The Kier molecular flexibility index (Phi) is 4.74. The summed E-state index contributed by atoms with van der Waals surface area (Å²) in [4.78, 5) is 24.6. The van der Waals surface area contributed by atoms with Gasteiger partial charge in [-0.3, -0.25) is 9.59 Å². The third-order valence-electron chi connectivity index (χ3n) is 3.44. The minimum absolute atomic E-state index is 0.0473. The molecule has 1 aliphatic rings. The molecule has 0 amide bonds. The Morgan fingerprint density at radius 1 is 1.25 bits per heavy atom. The third kappa shape index (κ3) is 3.57. The highest BCUT2D eigenvalue weighted by molar-refractivity contribution is 5.98. The molecule has 0 atom stereocenters. The van der Waals surface area contributed by atoms with E-state index >= 15 is 0 Å². The van der Waals surface area contributed by atoms with Crippen molar-refractivity contribution in [1.29, 1.82) is 0 Å². The van der Waals surface area contributed by atoms with Gasteiger partial charge in [-0.25, -0.2) is 0 Å². The molecule has 1 aromatic carbocycles. The van der Waals surface area contributed by atoms with Crippen LogP contribution < -0.4 is 4.90 Å². The molecule has 5 nitrogen and oxygen atoms in total. The van der Waals surface area contributed by atoms with Gasteiger partial charge in [0.1, 0.15) is 0 Å². The largest absolute Gasteiger partial charge is 0.481 e. The lowest BCUT2D eigenvalue weighted by Gasteiger charge is -2.30. The van der Waals surface area contributed by atoms with E-state index in [1.807, 2.05) is 19.1 Å². The van der Waals surface area contributed by atoms with Gasteiger partial charge in [0.05, 0.1) is 19.6 Å². The zero-order valence-electron chi connectivity index (χ0n) is 11.6. The van der Waals surface area contributed by atoms with Gasteiger partial charge in [-0.05, 0) is 30.7 Å². The van der Waals surface area contributed by atoms with E-state index in [1.165, 1.54) is 0 Å². The molecule has 108 valence electrons. The number of ketones is 1. The van der Waals surface area contributed by atoms with Crippen LogP contribution in [0.4, 0.5) is 5.69 Å². The van der Waals surface area contributed by atoms with Crippen LogP contribution in [-0.4, -0.2) is 43.2 Å². The van der Waals surface area contributed by atoms with Crippen LogP contribution in [0.15, 0.2) is 18.2 Å². The van der Waals surface area contributed by atoms with Gasteiger partial charge in [0, 0.05) is 30.8 Å². The maximum atomic E-state index is 11.9. The first-order chi connectivity index (χ1) is 9.58. The third-order valence-corrected chi connectivity index (χ3v) is 3.44. The van der Waals surface area contributed by atoms with Gasteiger partial charge in [-0.1, -0.05) is 0 Å². The Labute approximate surface area is 118 Å². The number of carboxylic acids is 1. The first kappa shape index (κ1) is 14.5. The number of hydrogen-bond acceptors (Lipinski definition) is 4. The van der Waals surface area contributed by atoms with E-state index in [1.54, 1.807) is 6.07 Å². The van der Waals surface area contributed by atoms with E-state index in [0.29, 0.717) is 5.56 Å². The molecule has 0 saturated carbocycles. The van der Waals surface area contributed by atoms with Gasteiger partial charge in [0.15, 0.2) is 5.78 Å². The standard InChI is InChI=1S/C15H19NO4/c1-11-10-12(14(17)4-5-15(18)19)2-3-13(11)16-6-8-20-9-7-16/h2-3,10H,4-9H2,1H3,(H,18,19). The number of hydrogen-bond donors (Lipinski definition) is 1. The van der Waals surface area contributed by atoms with Gasteiger partial charge in [0.2, 0.25) is 0 Å². The number of morpholine rings is 1. The molecule has 1 saturated heterocycles. The topological polar surface area (TPSA) is 66.8 Å². The van der Waals surface area contributed by atoms with Crippen molar-refractivity contribution in [3.63, 3.8) is 0 Å². The van der Waals surface area contributed by atoms with Crippen molar-refractivity contribution < 1.29 is 19.4 Å². The molecule has 1 fully saturated rings. The summed E-state index contributed by atoms with van der Waals surface area (Å²) in [6.45, 7) is 5.12. The van der Waals surface area contributed by atoms with Crippen LogP contribution in [0.5, 0.6) is 0 Å². The van der Waals surface area contributed by atoms with Gasteiger partial charge < -0.3 is 14.7 Å². The Bertz CT molecular complexity index is 507. The molecule has 1 aliphatic heterocycles. The molecular weight excluding hydrogens is 258 g/mol. The van der Waals surface area contributed by atoms with Crippen molar-refractivity contribution in [2.24, 2.45) is 0 Å². The van der Waals surface area contributed by atoms with Gasteiger partial charge in [0.25, 0.3) is 0 Å². The van der Waals surface area contributed by atoms with E-state index < -0.39 is 5.97 Å². The fourth-order valence-electron chi connectivity index (χ4n) is 2.35. The molecule has 1 N–H and O–H groups in total. The SMILES string of the molecule is Cc1cc(C(=O)CCC(=O)O)ccc1N1CCOCC1. The maximum absolute atomic E-state index is 11.9. The highest BCUT2D eigenvalue weighted by Gasteiger charge is 2.15. The summed E-state index contributed by atoms with van der Waals surface area (Å²) in [7, 11) is 0. The van der Waals surface area contributed by atoms with Crippen LogP contribution >= 0.6 is 0 Å². The minimum atomic E-state index is -0.944. The first-order valence-corrected chi connectivity index (χ1v) is 6.76. The van der Waals surface area contributed by atoms with Gasteiger partial charge in [-0.2, -0.15) is 0 Å². The van der Waals surface area contributed by atoms with Crippen molar-refractivity contribution in [1.82, 2.24) is 0 Å². The number of nitrogens with zero attached hydrogens (tertiary/aromatic N) is 1. The number of rotatable bonds is 5. The first-order valence-electron chi connectivity index (χ1n) is 6.76. The number of ether oxygens (including phenoxy) is 1. The number of carbonyl (C=O) groups is 2. The van der Waals surface area contributed by atoms with Gasteiger partial charge >= 0.3 is 5.97 Å². The average molecular weight is 277 g/mol. The van der Waals surface area contributed by atoms with Crippen molar-refractivity contribution >= 4 is 17.4 Å². The summed E-state index contributed by atoms with van der Waals surface area (Å²) in [5, 5.41) is 8.61. The van der Waals surface area contributed by atoms with Crippen LogP contribution in [0.1, 0.15) is 28.8 Å². The number of aliphatic carboxylic acids is 1. The second kappa shape index (κ2) is 6.52. The molecule has 0 bridgehead atoms. The lowest BCUT2D eigenvalue weighted by atomic mass is 10.0. The number of aryl methyl sites for hydroxylation is 1. The van der Waals surface area contributed by atoms with Crippen molar-refractivity contribution in [2.75, 3.05) is 31.2 Å². The highest BCUT2D eigenvalue weighted by atomic mass is 16.5. The summed E-state index contributed by atoms with van der Waals surface area (Å²) >= 11 is 0. The van der Waals surface area contributed by atoms with E-state index in [9.17, 15) is 9.59 Å². The minimum Gasteiger partial charge on any atom is -0.481 e. The molecule has 20 heavy (non-hydrogen) atoms. The van der Waals surface area contributed by atoms with Crippen molar-refractivity contribution in [3.05, 3.63) is 29.3 Å². The summed E-state index contributed by atoms with van der Waals surface area (Å²) in [6.07, 6.45) is -0.0746. The normalized spacial score (nSPS) is 15.2. The molecule has 0 aliphatic carbocycles. The second-order valence-corrected chi connectivity index (χ2v) is 4.92. The van der Waals surface area contributed by atoms with Crippen LogP contribution in [0.25, 0.3) is 0 Å². The predicted molar refractivity (Wildman–Crippen MR) is 75.4 cm³/mol. The lowest BCUT2D eigenvalue weighted by molar-refractivity contribution is -0.136. The molecular formula is C15H19NO4. The zero-order chi connectivity index (χ0) is 14.5. The fraction of sp³-hybridized carbons (Fsp3) is 0.467. The van der Waals surface area contributed by atoms with Crippen LogP contribution in [0.2, 0.25) is 0 Å². The molecule has 1 aromatic rings. The summed E-state index contributed by atoms with van der Waals surface area (Å²) in [5.74, 6) is -1.07. The molecule has 0 aromatic heterocycles. The lowest BCUT2D eigenvalue weighted by Crippen LogP contribution is -2.36. The summed E-state index contributed by atoms with van der Waals surface area (Å²) in [5.41, 5.74) is 2.73. The monoisotopic (exact) mass is 277 g/mol. The smallest absolute Gasteiger partial charge is 0.303 e. The second-order valence-electron chi connectivity index (χ2n) is 4.92. The maximum Gasteiger partial charge on any atom is 0.303 e. The van der Waals surface area contributed by atoms with Crippen LogP contribution in [-0.2, 0) is 9.53 Å². The van der Waals surface area contributed by atoms with Crippen LogP contribution in [0, 0.1) is 6.92 Å². The van der Waals surface area contributed by atoms with E-state index in [-0.39, 0.29) is 18.6 Å². The van der Waals surface area contributed by atoms with E-state index in [4.69, 9.17) is 9.84 Å². The quantitative estimate of drug-likeness (QED) is 0.832. The average Bonchev–Trinajstić information content (AvgIpc) is 2.45. The molecule has 0 spiro atoms. The Balaban J connectivity index is 2.08. The Morgan fingerprint density at radius 3 is 2.55 bits per heavy atom. The Hall–Kier alpha value is -1.88. The fourth-order valence-corrected chi connectivity index (χ4v) is 2.35. The van der Waals surface area contributed by atoms with E-state index in [2.05, 4.69) is 4.90 Å². The molecule has 0 radical (unpaired) electrons. The summed E-state index contributed by atoms with van der Waals surface area (Å²) in [6, 6.07) is 5.56. The number of benzene rings is 1. The highest BCUT2D eigenvalue weighted by Crippen LogP contribution is 2.23. The van der Waals surface area contributed by atoms with Crippen molar-refractivity contribution in [2.45, 2.75) is 19.8 Å².